The van der Waals surface area contributed by atoms with Crippen molar-refractivity contribution in [1.29, 1.82) is 0 Å². The van der Waals surface area contributed by atoms with E-state index in [1.807, 2.05) is 10.7 Å². The van der Waals surface area contributed by atoms with Crippen LogP contribution in [0.5, 0.6) is 0 Å². The number of unbranched alkanes of at least 4 members (excludes halogenated alkanes) is 2. The SMILES string of the molecule is CCCCCn1ncc2c([N+](=O)[O-])cccc21. The minimum atomic E-state index is -0.361. The Kier molecular flexibility index (Phi) is 3.37. The van der Waals surface area contributed by atoms with Crippen LogP contribution in [-0.4, -0.2) is 14.7 Å². The Balaban J connectivity index is 2.34. The van der Waals surface area contributed by atoms with Crippen LogP contribution in [0.4, 0.5) is 5.69 Å². The van der Waals surface area contributed by atoms with Crippen LogP contribution in [0.2, 0.25) is 0 Å². The Labute approximate surface area is 99.2 Å². The molecule has 0 fully saturated rings. The third-order valence-corrected chi connectivity index (χ3v) is 2.83. The molecule has 0 saturated heterocycles. The van der Waals surface area contributed by atoms with Gasteiger partial charge in [-0.2, -0.15) is 5.10 Å². The van der Waals surface area contributed by atoms with Gasteiger partial charge in [0.1, 0.15) is 0 Å². The molecule has 5 heteroatoms. The third kappa shape index (κ3) is 2.27. The first kappa shape index (κ1) is 11.6. The summed E-state index contributed by atoms with van der Waals surface area (Å²) in [4.78, 5) is 10.5. The highest BCUT2D eigenvalue weighted by Crippen LogP contribution is 2.24. The van der Waals surface area contributed by atoms with E-state index in [9.17, 15) is 10.1 Å². The van der Waals surface area contributed by atoms with Crippen LogP contribution in [0.25, 0.3) is 10.9 Å². The predicted octanol–water partition coefficient (Wildman–Crippen LogP) is 3.13. The zero-order valence-corrected chi connectivity index (χ0v) is 9.80. The van der Waals surface area contributed by atoms with Crippen molar-refractivity contribution in [2.24, 2.45) is 0 Å². The van der Waals surface area contributed by atoms with E-state index in [1.165, 1.54) is 6.07 Å². The third-order valence-electron chi connectivity index (χ3n) is 2.83. The summed E-state index contributed by atoms with van der Waals surface area (Å²) in [6.45, 7) is 2.96. The van der Waals surface area contributed by atoms with Crippen LogP contribution >= 0.6 is 0 Å². The highest BCUT2D eigenvalue weighted by Gasteiger charge is 2.14. The van der Waals surface area contributed by atoms with Crippen molar-refractivity contribution >= 4 is 16.6 Å². The van der Waals surface area contributed by atoms with Crippen LogP contribution < -0.4 is 0 Å². The molecule has 0 unspecified atom stereocenters. The van der Waals surface area contributed by atoms with Crippen LogP contribution in [-0.2, 0) is 6.54 Å². The van der Waals surface area contributed by atoms with Gasteiger partial charge >= 0.3 is 0 Å². The van der Waals surface area contributed by atoms with Gasteiger partial charge in [-0.05, 0) is 12.5 Å². The Bertz CT molecular complexity index is 534. The molecule has 0 spiro atoms. The quantitative estimate of drug-likeness (QED) is 0.453. The first-order valence-corrected chi connectivity index (χ1v) is 5.83. The summed E-state index contributed by atoms with van der Waals surface area (Å²) < 4.78 is 1.85. The Morgan fingerprint density at radius 2 is 2.24 bits per heavy atom. The molecule has 90 valence electrons. The number of aryl methyl sites for hydroxylation is 1. The Morgan fingerprint density at radius 3 is 2.94 bits per heavy atom. The van der Waals surface area contributed by atoms with Gasteiger partial charge < -0.3 is 0 Å². The summed E-state index contributed by atoms with van der Waals surface area (Å²) in [6, 6.07) is 5.10. The van der Waals surface area contributed by atoms with Crippen molar-refractivity contribution in [1.82, 2.24) is 9.78 Å². The molecular weight excluding hydrogens is 218 g/mol. The predicted molar refractivity (Wildman–Crippen MR) is 65.9 cm³/mol. The fraction of sp³-hybridized carbons (Fsp3) is 0.417. The van der Waals surface area contributed by atoms with Gasteiger partial charge in [0.25, 0.3) is 5.69 Å². The second kappa shape index (κ2) is 4.95. The number of rotatable bonds is 5. The van der Waals surface area contributed by atoms with E-state index in [0.29, 0.717) is 5.39 Å². The molecule has 17 heavy (non-hydrogen) atoms. The van der Waals surface area contributed by atoms with Gasteiger partial charge in [-0.1, -0.05) is 25.8 Å². The van der Waals surface area contributed by atoms with E-state index in [4.69, 9.17) is 0 Å². The summed E-state index contributed by atoms with van der Waals surface area (Å²) in [5.41, 5.74) is 0.972. The van der Waals surface area contributed by atoms with Crippen molar-refractivity contribution in [2.75, 3.05) is 0 Å². The lowest BCUT2D eigenvalue weighted by atomic mass is 10.2. The Morgan fingerprint density at radius 1 is 1.41 bits per heavy atom. The fourth-order valence-corrected chi connectivity index (χ4v) is 1.94. The minimum absolute atomic E-state index is 0.129. The second-order valence-corrected chi connectivity index (χ2v) is 4.04. The number of aromatic nitrogens is 2. The fourth-order valence-electron chi connectivity index (χ4n) is 1.94. The lowest BCUT2D eigenvalue weighted by Crippen LogP contribution is -1.99. The van der Waals surface area contributed by atoms with E-state index in [1.54, 1.807) is 12.3 Å². The summed E-state index contributed by atoms with van der Waals surface area (Å²) in [5.74, 6) is 0. The van der Waals surface area contributed by atoms with Crippen LogP contribution in [0.1, 0.15) is 26.2 Å². The lowest BCUT2D eigenvalue weighted by molar-refractivity contribution is -0.383. The highest BCUT2D eigenvalue weighted by atomic mass is 16.6. The Hall–Kier alpha value is -1.91. The number of hydrogen-bond donors (Lipinski definition) is 0. The summed E-state index contributed by atoms with van der Waals surface area (Å²) in [5, 5.41) is 15.7. The number of non-ortho nitro benzene ring substituents is 1. The van der Waals surface area contributed by atoms with Crippen LogP contribution in [0, 0.1) is 10.1 Å². The van der Waals surface area contributed by atoms with E-state index in [2.05, 4.69) is 12.0 Å². The maximum atomic E-state index is 10.9. The molecule has 0 radical (unpaired) electrons. The van der Waals surface area contributed by atoms with Gasteiger partial charge in [-0.25, -0.2) is 0 Å². The number of fused-ring (bicyclic) bond motifs is 1. The summed E-state index contributed by atoms with van der Waals surface area (Å²) >= 11 is 0. The maximum Gasteiger partial charge on any atom is 0.280 e. The molecule has 5 nitrogen and oxygen atoms in total. The molecule has 1 aromatic heterocycles. The lowest BCUT2D eigenvalue weighted by Gasteiger charge is -2.02. The van der Waals surface area contributed by atoms with E-state index >= 15 is 0 Å². The van der Waals surface area contributed by atoms with Gasteiger partial charge in [0.05, 0.1) is 22.0 Å². The number of hydrogen-bond acceptors (Lipinski definition) is 3. The van der Waals surface area contributed by atoms with Crippen LogP contribution in [0.15, 0.2) is 24.4 Å². The minimum Gasteiger partial charge on any atom is -0.265 e. The monoisotopic (exact) mass is 233 g/mol. The number of nitrogens with zero attached hydrogens (tertiary/aromatic N) is 3. The molecule has 0 aliphatic heterocycles. The average molecular weight is 233 g/mol. The zero-order valence-electron chi connectivity index (χ0n) is 9.80. The topological polar surface area (TPSA) is 61.0 Å². The zero-order chi connectivity index (χ0) is 12.3. The molecule has 1 heterocycles. The van der Waals surface area contributed by atoms with Gasteiger partial charge in [0, 0.05) is 12.6 Å². The van der Waals surface area contributed by atoms with E-state index in [-0.39, 0.29) is 10.6 Å². The molecule has 0 bridgehead atoms. The average Bonchev–Trinajstić information content (AvgIpc) is 2.72. The number of nitro groups is 1. The molecular formula is C12H15N3O2. The van der Waals surface area contributed by atoms with Crippen LogP contribution in [0.3, 0.4) is 0 Å². The van der Waals surface area contributed by atoms with E-state index < -0.39 is 0 Å². The largest absolute Gasteiger partial charge is 0.280 e. The van der Waals surface area contributed by atoms with Gasteiger partial charge in [0.15, 0.2) is 0 Å². The summed E-state index contributed by atoms with van der Waals surface area (Å²) in [6.07, 6.45) is 4.94. The molecule has 0 N–H and O–H groups in total. The summed E-state index contributed by atoms with van der Waals surface area (Å²) in [7, 11) is 0. The molecule has 1 aromatic carbocycles. The van der Waals surface area contributed by atoms with Crippen molar-refractivity contribution in [3.05, 3.63) is 34.5 Å². The number of benzene rings is 1. The first-order chi connectivity index (χ1) is 8.24. The smallest absolute Gasteiger partial charge is 0.265 e. The maximum absolute atomic E-state index is 10.9. The van der Waals surface area contributed by atoms with Crippen molar-refractivity contribution < 1.29 is 4.92 Å². The van der Waals surface area contributed by atoms with E-state index in [0.717, 1.165) is 31.3 Å². The standard InChI is InChI=1S/C12H15N3O2/c1-2-3-4-8-14-11-6-5-7-12(15(16)17)10(11)9-13-14/h5-7,9H,2-4,8H2,1H3. The molecule has 0 aliphatic rings. The van der Waals surface area contributed by atoms with Crippen molar-refractivity contribution in [2.45, 2.75) is 32.7 Å². The normalized spacial score (nSPS) is 10.9. The first-order valence-electron chi connectivity index (χ1n) is 5.83. The highest BCUT2D eigenvalue weighted by molar-refractivity contribution is 5.87. The van der Waals surface area contributed by atoms with Gasteiger partial charge in [0.2, 0.25) is 0 Å². The molecule has 0 atom stereocenters. The van der Waals surface area contributed by atoms with Crippen molar-refractivity contribution in [3.8, 4) is 0 Å². The van der Waals surface area contributed by atoms with Crippen molar-refractivity contribution in [3.63, 3.8) is 0 Å². The molecule has 2 aromatic rings. The molecule has 2 rings (SSSR count). The van der Waals surface area contributed by atoms with Gasteiger partial charge in [-0.15, -0.1) is 0 Å². The molecule has 0 amide bonds. The molecule has 0 aliphatic carbocycles. The van der Waals surface area contributed by atoms with Gasteiger partial charge in [-0.3, -0.25) is 14.8 Å². The second-order valence-electron chi connectivity index (χ2n) is 4.04. The molecule has 0 saturated carbocycles. The number of nitro benzene ring substituents is 1.